The predicted molar refractivity (Wildman–Crippen MR) is 152 cm³/mol. The van der Waals surface area contributed by atoms with Gasteiger partial charge in [0.05, 0.1) is 0 Å². The zero-order valence-corrected chi connectivity index (χ0v) is 22.9. The van der Waals surface area contributed by atoms with Crippen LogP contribution in [0.4, 0.5) is 0 Å². The molecule has 0 spiro atoms. The van der Waals surface area contributed by atoms with E-state index in [0.29, 0.717) is 12.8 Å². The molecule has 2 nitrogen and oxygen atoms in total. The predicted octanol–water partition coefficient (Wildman–Crippen LogP) is 8.41. The maximum atomic E-state index is 11.6. The minimum absolute atomic E-state index is 0.263. The summed E-state index contributed by atoms with van der Waals surface area (Å²) in [4.78, 5) is 0. The maximum absolute atomic E-state index is 11.6. The van der Waals surface area contributed by atoms with E-state index in [2.05, 4.69) is 90.1 Å². The standard InChI is InChI=1S/C34H38O2/c1-19-9-20(2)12-27(11-19)17-29-15-23(5)25(7)31(33(29)35)32-26(8)24(6)16-30(34(32)36)18-28-13-21(3)10-22(4)14-28/h9-16,35-36H,17-18H2,1-8H3. The van der Waals surface area contributed by atoms with Crippen molar-refractivity contribution in [3.63, 3.8) is 0 Å². The number of hydrogen-bond donors (Lipinski definition) is 2. The molecule has 0 saturated carbocycles. The van der Waals surface area contributed by atoms with Crippen LogP contribution in [-0.2, 0) is 12.8 Å². The molecule has 36 heavy (non-hydrogen) atoms. The lowest BCUT2D eigenvalue weighted by atomic mass is 9.85. The minimum atomic E-state index is 0.263. The molecule has 0 fully saturated rings. The Hall–Kier alpha value is -3.52. The summed E-state index contributed by atoms with van der Waals surface area (Å²) < 4.78 is 0. The lowest BCUT2D eigenvalue weighted by Crippen LogP contribution is -2.01. The van der Waals surface area contributed by atoms with E-state index in [4.69, 9.17) is 0 Å². The van der Waals surface area contributed by atoms with Crippen LogP contribution in [-0.4, -0.2) is 10.2 Å². The lowest BCUT2D eigenvalue weighted by molar-refractivity contribution is 0.462. The van der Waals surface area contributed by atoms with Gasteiger partial charge in [0.2, 0.25) is 0 Å². The fourth-order valence-corrected chi connectivity index (χ4v) is 5.61. The van der Waals surface area contributed by atoms with Gasteiger partial charge in [-0.1, -0.05) is 70.8 Å². The topological polar surface area (TPSA) is 40.5 Å². The molecular formula is C34H38O2. The Kier molecular flexibility index (Phi) is 7.00. The molecule has 0 heterocycles. The Labute approximate surface area is 216 Å². The quantitative estimate of drug-likeness (QED) is 0.302. The van der Waals surface area contributed by atoms with Crippen LogP contribution in [0.25, 0.3) is 11.1 Å². The summed E-state index contributed by atoms with van der Waals surface area (Å²) in [6, 6.07) is 17.2. The highest BCUT2D eigenvalue weighted by Crippen LogP contribution is 2.46. The molecule has 4 aromatic carbocycles. The molecule has 0 aliphatic heterocycles. The summed E-state index contributed by atoms with van der Waals surface area (Å²) in [6.07, 6.45) is 1.28. The maximum Gasteiger partial charge on any atom is 0.127 e. The molecule has 0 aliphatic carbocycles. The molecule has 0 saturated heterocycles. The van der Waals surface area contributed by atoms with Gasteiger partial charge in [-0.15, -0.1) is 0 Å². The minimum Gasteiger partial charge on any atom is -0.507 e. The largest absolute Gasteiger partial charge is 0.507 e. The SMILES string of the molecule is Cc1cc(C)cc(Cc2cc(C)c(C)c(-c3c(C)c(C)cc(Cc4cc(C)cc(C)c4)c3O)c2O)c1. The number of phenolic OH excluding ortho intramolecular Hbond substituents is 2. The summed E-state index contributed by atoms with van der Waals surface area (Å²) in [7, 11) is 0. The van der Waals surface area contributed by atoms with Gasteiger partial charge in [-0.05, 0) is 99.9 Å². The molecule has 2 heteroatoms. The fourth-order valence-electron chi connectivity index (χ4n) is 5.61. The van der Waals surface area contributed by atoms with E-state index >= 15 is 0 Å². The van der Waals surface area contributed by atoms with Crippen LogP contribution in [0.2, 0.25) is 0 Å². The van der Waals surface area contributed by atoms with E-state index in [-0.39, 0.29) is 11.5 Å². The third-order valence-electron chi connectivity index (χ3n) is 7.40. The van der Waals surface area contributed by atoms with Crippen LogP contribution in [0, 0.1) is 55.4 Å². The van der Waals surface area contributed by atoms with Crippen molar-refractivity contribution in [2.45, 2.75) is 68.2 Å². The van der Waals surface area contributed by atoms with Gasteiger partial charge in [-0.25, -0.2) is 0 Å². The van der Waals surface area contributed by atoms with Crippen molar-refractivity contribution in [3.8, 4) is 22.6 Å². The Morgan fingerprint density at radius 1 is 0.444 bits per heavy atom. The Morgan fingerprint density at radius 3 is 1.06 bits per heavy atom. The Bertz CT molecular complexity index is 1320. The highest BCUT2D eigenvalue weighted by Gasteiger charge is 2.23. The average molecular weight is 479 g/mol. The number of phenols is 2. The molecular weight excluding hydrogens is 440 g/mol. The summed E-state index contributed by atoms with van der Waals surface area (Å²) in [6.45, 7) is 16.7. The second-order valence-corrected chi connectivity index (χ2v) is 10.7. The summed E-state index contributed by atoms with van der Waals surface area (Å²) >= 11 is 0. The second kappa shape index (κ2) is 9.85. The highest BCUT2D eigenvalue weighted by molar-refractivity contribution is 5.84. The molecule has 0 atom stereocenters. The van der Waals surface area contributed by atoms with Crippen LogP contribution in [0.1, 0.15) is 66.8 Å². The third kappa shape index (κ3) is 5.04. The molecule has 0 bridgehead atoms. The smallest absolute Gasteiger partial charge is 0.127 e. The van der Waals surface area contributed by atoms with Crippen molar-refractivity contribution in [1.82, 2.24) is 0 Å². The van der Waals surface area contributed by atoms with Crippen molar-refractivity contribution in [2.24, 2.45) is 0 Å². The molecule has 0 aromatic heterocycles. The average Bonchev–Trinajstić information content (AvgIpc) is 2.76. The molecule has 2 N–H and O–H groups in total. The van der Waals surface area contributed by atoms with Crippen LogP contribution in [0.5, 0.6) is 11.5 Å². The molecule has 0 aliphatic rings. The van der Waals surface area contributed by atoms with Gasteiger partial charge < -0.3 is 10.2 Å². The summed E-state index contributed by atoms with van der Waals surface area (Å²) in [5.74, 6) is 0.525. The van der Waals surface area contributed by atoms with Gasteiger partial charge in [0.25, 0.3) is 0 Å². The normalized spacial score (nSPS) is 11.2. The van der Waals surface area contributed by atoms with Crippen LogP contribution in [0.3, 0.4) is 0 Å². The van der Waals surface area contributed by atoms with Crippen molar-refractivity contribution >= 4 is 0 Å². The second-order valence-electron chi connectivity index (χ2n) is 10.7. The number of hydrogen-bond acceptors (Lipinski definition) is 2. The lowest BCUT2D eigenvalue weighted by Gasteiger charge is -2.21. The van der Waals surface area contributed by atoms with Gasteiger partial charge in [-0.3, -0.25) is 0 Å². The van der Waals surface area contributed by atoms with Crippen molar-refractivity contribution in [2.75, 3.05) is 0 Å². The zero-order chi connectivity index (χ0) is 26.3. The van der Waals surface area contributed by atoms with Gasteiger partial charge >= 0.3 is 0 Å². The first-order chi connectivity index (χ1) is 16.9. The van der Waals surface area contributed by atoms with Gasteiger partial charge in [-0.2, -0.15) is 0 Å². The van der Waals surface area contributed by atoms with Gasteiger partial charge in [0.1, 0.15) is 11.5 Å². The van der Waals surface area contributed by atoms with Crippen LogP contribution >= 0.6 is 0 Å². The highest BCUT2D eigenvalue weighted by atomic mass is 16.3. The number of benzene rings is 4. The van der Waals surface area contributed by atoms with Crippen LogP contribution < -0.4 is 0 Å². The zero-order valence-electron chi connectivity index (χ0n) is 22.9. The third-order valence-corrected chi connectivity index (χ3v) is 7.40. The van der Waals surface area contributed by atoms with Crippen molar-refractivity contribution in [1.29, 1.82) is 0 Å². The van der Waals surface area contributed by atoms with Gasteiger partial charge in [0.15, 0.2) is 0 Å². The van der Waals surface area contributed by atoms with Gasteiger partial charge in [0, 0.05) is 24.0 Å². The monoisotopic (exact) mass is 478 g/mol. The van der Waals surface area contributed by atoms with Crippen molar-refractivity contribution in [3.05, 3.63) is 115 Å². The molecule has 0 radical (unpaired) electrons. The molecule has 0 amide bonds. The molecule has 0 unspecified atom stereocenters. The van der Waals surface area contributed by atoms with E-state index < -0.39 is 0 Å². The first kappa shape index (κ1) is 25.6. The first-order valence-electron chi connectivity index (χ1n) is 12.7. The van der Waals surface area contributed by atoms with E-state index in [0.717, 1.165) is 44.5 Å². The van der Waals surface area contributed by atoms with E-state index in [1.165, 1.54) is 33.4 Å². The van der Waals surface area contributed by atoms with Crippen LogP contribution in [0.15, 0.2) is 48.5 Å². The first-order valence-corrected chi connectivity index (χ1v) is 12.7. The summed E-state index contributed by atoms with van der Waals surface area (Å²) in [5, 5.41) is 23.3. The fraction of sp³-hybridized carbons (Fsp3) is 0.294. The summed E-state index contributed by atoms with van der Waals surface area (Å²) in [5.41, 5.74) is 14.7. The van der Waals surface area contributed by atoms with Crippen molar-refractivity contribution < 1.29 is 10.2 Å². The number of aromatic hydroxyl groups is 2. The number of rotatable bonds is 5. The Morgan fingerprint density at radius 2 is 0.750 bits per heavy atom. The molecule has 4 aromatic rings. The molecule has 4 rings (SSSR count). The Balaban J connectivity index is 1.88. The number of aryl methyl sites for hydroxylation is 6. The van der Waals surface area contributed by atoms with E-state index in [1.807, 2.05) is 13.8 Å². The van der Waals surface area contributed by atoms with E-state index in [1.54, 1.807) is 0 Å². The van der Waals surface area contributed by atoms with E-state index in [9.17, 15) is 10.2 Å². The molecule has 186 valence electrons.